The van der Waals surface area contributed by atoms with Crippen LogP contribution in [0.1, 0.15) is 0 Å². The molecule has 3 rings (SSSR count). The van der Waals surface area contributed by atoms with Crippen molar-refractivity contribution in [3.05, 3.63) is 40.8 Å². The van der Waals surface area contributed by atoms with Crippen molar-refractivity contribution >= 4 is 35.0 Å². The molecule has 0 amide bonds. The third kappa shape index (κ3) is 2.78. The number of nitrogens with zero attached hydrogens (tertiary/aromatic N) is 5. The highest BCUT2D eigenvalue weighted by Crippen LogP contribution is 2.27. The molecule has 3 heterocycles. The minimum atomic E-state index is 0.551. The molecule has 0 radical (unpaired) electrons. The van der Waals surface area contributed by atoms with Crippen LogP contribution in [0.5, 0.6) is 0 Å². The van der Waals surface area contributed by atoms with Crippen molar-refractivity contribution in [2.45, 2.75) is 0 Å². The van der Waals surface area contributed by atoms with E-state index in [0.29, 0.717) is 10.0 Å². The molecular formula is C13H13Cl2N5. The van der Waals surface area contributed by atoms with Crippen LogP contribution in [0.25, 0.3) is 0 Å². The predicted octanol–water partition coefficient (Wildman–Crippen LogP) is 2.51. The molecule has 0 saturated carbocycles. The normalized spacial score (nSPS) is 15.5. The Labute approximate surface area is 127 Å². The summed E-state index contributed by atoms with van der Waals surface area (Å²) >= 11 is 12.1. The van der Waals surface area contributed by atoms with E-state index in [9.17, 15) is 0 Å². The summed E-state index contributed by atoms with van der Waals surface area (Å²) in [6.07, 6.45) is 5.13. The first-order valence-electron chi connectivity index (χ1n) is 6.32. The Balaban J connectivity index is 1.69. The van der Waals surface area contributed by atoms with Gasteiger partial charge >= 0.3 is 0 Å². The molecule has 0 aromatic carbocycles. The van der Waals surface area contributed by atoms with E-state index in [1.165, 1.54) is 0 Å². The number of halogens is 2. The molecule has 5 nitrogen and oxygen atoms in total. The monoisotopic (exact) mass is 309 g/mol. The van der Waals surface area contributed by atoms with Crippen molar-refractivity contribution < 1.29 is 0 Å². The summed E-state index contributed by atoms with van der Waals surface area (Å²) in [5, 5.41) is 1.14. The Morgan fingerprint density at radius 2 is 1.55 bits per heavy atom. The van der Waals surface area contributed by atoms with E-state index < -0.39 is 0 Å². The third-order valence-electron chi connectivity index (χ3n) is 3.20. The van der Waals surface area contributed by atoms with E-state index in [-0.39, 0.29) is 0 Å². The fourth-order valence-electron chi connectivity index (χ4n) is 2.21. The number of pyridine rings is 1. The first-order chi connectivity index (χ1) is 9.74. The van der Waals surface area contributed by atoms with Crippen molar-refractivity contribution in [3.63, 3.8) is 0 Å². The van der Waals surface area contributed by atoms with Crippen molar-refractivity contribution in [1.82, 2.24) is 15.0 Å². The minimum absolute atomic E-state index is 0.551. The molecule has 20 heavy (non-hydrogen) atoms. The van der Waals surface area contributed by atoms with E-state index in [1.807, 2.05) is 6.07 Å². The SMILES string of the molecule is Clc1cnc(N2CCN(c3ncccn3)CC2)c(Cl)c1. The summed E-state index contributed by atoms with van der Waals surface area (Å²) < 4.78 is 0. The van der Waals surface area contributed by atoms with E-state index >= 15 is 0 Å². The lowest BCUT2D eigenvalue weighted by atomic mass is 10.3. The van der Waals surface area contributed by atoms with E-state index in [1.54, 1.807) is 24.7 Å². The summed E-state index contributed by atoms with van der Waals surface area (Å²) in [6.45, 7) is 3.33. The average Bonchev–Trinajstić information content (AvgIpc) is 2.48. The van der Waals surface area contributed by atoms with Gasteiger partial charge in [-0.2, -0.15) is 0 Å². The number of anilines is 2. The Bertz CT molecular complexity index is 585. The molecule has 1 aliphatic rings. The first-order valence-corrected chi connectivity index (χ1v) is 7.07. The second-order valence-electron chi connectivity index (χ2n) is 4.48. The van der Waals surface area contributed by atoms with Crippen LogP contribution in [0, 0.1) is 0 Å². The second-order valence-corrected chi connectivity index (χ2v) is 5.33. The molecule has 104 valence electrons. The van der Waals surface area contributed by atoms with Crippen LogP contribution in [0.2, 0.25) is 10.0 Å². The van der Waals surface area contributed by atoms with Crippen LogP contribution in [0.15, 0.2) is 30.7 Å². The Hall–Kier alpha value is -1.59. The zero-order chi connectivity index (χ0) is 13.9. The maximum absolute atomic E-state index is 6.19. The van der Waals surface area contributed by atoms with Gasteiger partial charge in [-0.15, -0.1) is 0 Å². The average molecular weight is 310 g/mol. The van der Waals surface area contributed by atoms with Gasteiger partial charge in [0, 0.05) is 44.8 Å². The number of hydrogen-bond acceptors (Lipinski definition) is 5. The molecule has 0 bridgehead atoms. The summed E-state index contributed by atoms with van der Waals surface area (Å²) in [4.78, 5) is 17.1. The molecule has 0 spiro atoms. The van der Waals surface area contributed by atoms with Gasteiger partial charge in [0.15, 0.2) is 0 Å². The van der Waals surface area contributed by atoms with Crippen LogP contribution < -0.4 is 9.80 Å². The van der Waals surface area contributed by atoms with Gasteiger partial charge in [-0.05, 0) is 12.1 Å². The summed E-state index contributed by atoms with van der Waals surface area (Å²) in [7, 11) is 0. The lowest BCUT2D eigenvalue weighted by Gasteiger charge is -2.35. The molecule has 0 atom stereocenters. The Morgan fingerprint density at radius 3 is 2.20 bits per heavy atom. The van der Waals surface area contributed by atoms with Gasteiger partial charge in [0.05, 0.1) is 10.0 Å². The van der Waals surface area contributed by atoms with Crippen LogP contribution in [0.4, 0.5) is 11.8 Å². The number of aromatic nitrogens is 3. The second kappa shape index (κ2) is 5.81. The summed E-state index contributed by atoms with van der Waals surface area (Å²) in [5.74, 6) is 1.55. The van der Waals surface area contributed by atoms with Gasteiger partial charge in [0.1, 0.15) is 5.82 Å². The van der Waals surface area contributed by atoms with E-state index in [2.05, 4.69) is 24.8 Å². The van der Waals surface area contributed by atoms with Gasteiger partial charge in [0.2, 0.25) is 5.95 Å². The molecular weight excluding hydrogens is 297 g/mol. The molecule has 2 aromatic heterocycles. The van der Waals surface area contributed by atoms with Crippen molar-refractivity contribution in [1.29, 1.82) is 0 Å². The molecule has 0 aliphatic carbocycles. The van der Waals surface area contributed by atoms with Gasteiger partial charge < -0.3 is 9.80 Å². The molecule has 1 saturated heterocycles. The summed E-state index contributed by atoms with van der Waals surface area (Å²) in [6, 6.07) is 3.54. The lowest BCUT2D eigenvalue weighted by Crippen LogP contribution is -2.47. The zero-order valence-corrected chi connectivity index (χ0v) is 12.2. The van der Waals surface area contributed by atoms with E-state index in [0.717, 1.165) is 37.9 Å². The van der Waals surface area contributed by atoms with Gasteiger partial charge in [-0.25, -0.2) is 15.0 Å². The molecule has 0 N–H and O–H groups in total. The highest BCUT2D eigenvalue weighted by molar-refractivity contribution is 6.36. The quantitative estimate of drug-likeness (QED) is 0.853. The molecule has 0 unspecified atom stereocenters. The van der Waals surface area contributed by atoms with E-state index in [4.69, 9.17) is 23.2 Å². The van der Waals surface area contributed by atoms with Gasteiger partial charge in [-0.3, -0.25) is 0 Å². The van der Waals surface area contributed by atoms with Crippen molar-refractivity contribution in [2.75, 3.05) is 36.0 Å². The standard InChI is InChI=1S/C13H13Cl2N5/c14-10-8-11(15)12(18-9-10)19-4-6-20(7-5-19)13-16-2-1-3-17-13/h1-3,8-9H,4-7H2. The number of piperazine rings is 1. The molecule has 1 aliphatic heterocycles. The molecule has 2 aromatic rings. The highest BCUT2D eigenvalue weighted by atomic mass is 35.5. The highest BCUT2D eigenvalue weighted by Gasteiger charge is 2.21. The maximum Gasteiger partial charge on any atom is 0.225 e. The largest absolute Gasteiger partial charge is 0.352 e. The van der Waals surface area contributed by atoms with Crippen LogP contribution in [-0.2, 0) is 0 Å². The zero-order valence-electron chi connectivity index (χ0n) is 10.7. The topological polar surface area (TPSA) is 45.2 Å². The summed E-state index contributed by atoms with van der Waals surface area (Å²) in [5.41, 5.74) is 0. The first kappa shape index (κ1) is 13.4. The molecule has 7 heteroatoms. The molecule has 1 fully saturated rings. The van der Waals surface area contributed by atoms with Crippen LogP contribution in [-0.4, -0.2) is 41.1 Å². The van der Waals surface area contributed by atoms with Crippen molar-refractivity contribution in [3.8, 4) is 0 Å². The fraction of sp³-hybridized carbons (Fsp3) is 0.308. The Kier molecular flexibility index (Phi) is 3.89. The van der Waals surface area contributed by atoms with Gasteiger partial charge in [-0.1, -0.05) is 23.2 Å². The van der Waals surface area contributed by atoms with Crippen LogP contribution >= 0.6 is 23.2 Å². The fourth-order valence-corrected chi connectivity index (χ4v) is 2.71. The van der Waals surface area contributed by atoms with Gasteiger partial charge in [0.25, 0.3) is 0 Å². The Morgan fingerprint density at radius 1 is 0.900 bits per heavy atom. The smallest absolute Gasteiger partial charge is 0.225 e. The third-order valence-corrected chi connectivity index (χ3v) is 3.69. The van der Waals surface area contributed by atoms with Crippen LogP contribution in [0.3, 0.4) is 0 Å². The minimum Gasteiger partial charge on any atom is -0.352 e. The predicted molar refractivity (Wildman–Crippen MR) is 80.7 cm³/mol. The van der Waals surface area contributed by atoms with Crippen molar-refractivity contribution in [2.24, 2.45) is 0 Å². The lowest BCUT2D eigenvalue weighted by molar-refractivity contribution is 0.634. The number of rotatable bonds is 2. The maximum atomic E-state index is 6.19. The number of hydrogen-bond donors (Lipinski definition) is 0.